The van der Waals surface area contributed by atoms with Crippen molar-refractivity contribution in [1.82, 2.24) is 5.32 Å². The summed E-state index contributed by atoms with van der Waals surface area (Å²) in [6, 6.07) is 9.09. The van der Waals surface area contributed by atoms with Crippen LogP contribution in [0.5, 0.6) is 0 Å². The summed E-state index contributed by atoms with van der Waals surface area (Å²) in [6.07, 6.45) is 0.673. The van der Waals surface area contributed by atoms with Crippen LogP contribution in [0.25, 0.3) is 0 Å². The largest absolute Gasteiger partial charge is 0.352 e. The molecule has 0 heterocycles. The van der Waals surface area contributed by atoms with Gasteiger partial charge in [-0.1, -0.05) is 23.7 Å². The fourth-order valence-electron chi connectivity index (χ4n) is 2.45. The first-order valence-corrected chi connectivity index (χ1v) is 7.31. The summed E-state index contributed by atoms with van der Waals surface area (Å²) in [5, 5.41) is 12.3. The minimum absolute atomic E-state index is 0.0684. The molecule has 1 aliphatic rings. The highest BCUT2D eigenvalue weighted by Gasteiger charge is 2.47. The van der Waals surface area contributed by atoms with Crippen LogP contribution in [0.4, 0.5) is 0 Å². The van der Waals surface area contributed by atoms with E-state index in [-0.39, 0.29) is 23.7 Å². The summed E-state index contributed by atoms with van der Waals surface area (Å²) in [4.78, 5) is 24.2. The number of hydrogen-bond acceptors (Lipinski definition) is 3. The Morgan fingerprint density at radius 3 is 2.71 bits per heavy atom. The lowest BCUT2D eigenvalue weighted by Gasteiger charge is -2.12. The maximum Gasteiger partial charge on any atom is 0.245 e. The molecule has 1 saturated carbocycles. The maximum absolute atomic E-state index is 12.3. The molecule has 0 spiro atoms. The summed E-state index contributed by atoms with van der Waals surface area (Å²) in [5.41, 5.74) is 0.988. The van der Waals surface area contributed by atoms with Gasteiger partial charge in [-0.25, -0.2) is 0 Å². The predicted molar refractivity (Wildman–Crippen MR) is 79.7 cm³/mol. The van der Waals surface area contributed by atoms with Crippen molar-refractivity contribution in [2.75, 3.05) is 0 Å². The Morgan fingerprint density at radius 1 is 1.43 bits per heavy atom. The third kappa shape index (κ3) is 3.62. The van der Waals surface area contributed by atoms with E-state index in [0.29, 0.717) is 11.4 Å². The SMILES string of the molecule is CC(C)NC(=O)[C@H](C#N)C(=O)[C@H]1C[C@@H]1c1cccc(Cl)c1. The van der Waals surface area contributed by atoms with Crippen molar-refractivity contribution in [1.29, 1.82) is 5.26 Å². The number of hydrogen-bond donors (Lipinski definition) is 1. The molecule has 1 N–H and O–H groups in total. The highest BCUT2D eigenvalue weighted by molar-refractivity contribution is 6.30. The molecule has 4 nitrogen and oxygen atoms in total. The standard InChI is InChI=1S/C16H17ClN2O2/c1-9(2)19-16(21)14(8-18)15(20)13-7-12(13)10-4-3-5-11(17)6-10/h3-6,9,12-14H,7H2,1-2H3,(H,19,21)/t12-,13+,14-/m1/s1. The van der Waals surface area contributed by atoms with E-state index in [0.717, 1.165) is 5.56 Å². The first-order chi connectivity index (χ1) is 9.93. The normalized spacial score (nSPS) is 21.5. The van der Waals surface area contributed by atoms with Gasteiger partial charge in [-0.05, 0) is 43.9 Å². The van der Waals surface area contributed by atoms with Crippen LogP contribution in [0, 0.1) is 23.2 Å². The van der Waals surface area contributed by atoms with E-state index in [1.807, 2.05) is 24.3 Å². The number of ketones is 1. The molecule has 21 heavy (non-hydrogen) atoms. The van der Waals surface area contributed by atoms with Crippen molar-refractivity contribution in [3.8, 4) is 6.07 Å². The summed E-state index contributed by atoms with van der Waals surface area (Å²) in [5.74, 6) is -2.21. The highest BCUT2D eigenvalue weighted by Crippen LogP contribution is 2.49. The van der Waals surface area contributed by atoms with Crippen molar-refractivity contribution < 1.29 is 9.59 Å². The molecule has 5 heteroatoms. The molecule has 0 aliphatic heterocycles. The van der Waals surface area contributed by atoms with E-state index >= 15 is 0 Å². The Bertz CT molecular complexity index is 607. The Balaban J connectivity index is 2.05. The topological polar surface area (TPSA) is 70.0 Å². The van der Waals surface area contributed by atoms with E-state index < -0.39 is 11.8 Å². The second-order valence-electron chi connectivity index (χ2n) is 5.63. The number of benzene rings is 1. The van der Waals surface area contributed by atoms with Crippen LogP contribution in [0.3, 0.4) is 0 Å². The zero-order chi connectivity index (χ0) is 15.6. The molecule has 0 unspecified atom stereocenters. The smallest absolute Gasteiger partial charge is 0.245 e. The fourth-order valence-corrected chi connectivity index (χ4v) is 2.65. The van der Waals surface area contributed by atoms with Crippen LogP contribution >= 0.6 is 11.6 Å². The molecule has 1 aliphatic carbocycles. The van der Waals surface area contributed by atoms with Gasteiger partial charge >= 0.3 is 0 Å². The monoisotopic (exact) mass is 304 g/mol. The lowest BCUT2D eigenvalue weighted by atomic mass is 9.98. The molecule has 110 valence electrons. The van der Waals surface area contributed by atoms with Crippen LogP contribution in [0.15, 0.2) is 24.3 Å². The van der Waals surface area contributed by atoms with Gasteiger partial charge < -0.3 is 5.32 Å². The lowest BCUT2D eigenvalue weighted by Crippen LogP contribution is -2.39. The van der Waals surface area contributed by atoms with Gasteiger partial charge in [0.1, 0.15) is 0 Å². The van der Waals surface area contributed by atoms with E-state index in [1.54, 1.807) is 19.9 Å². The molecule has 1 aromatic carbocycles. The predicted octanol–water partition coefficient (Wildman–Crippen LogP) is 2.68. The van der Waals surface area contributed by atoms with Crippen LogP contribution < -0.4 is 5.32 Å². The van der Waals surface area contributed by atoms with Gasteiger partial charge in [0, 0.05) is 17.0 Å². The molecular weight excluding hydrogens is 288 g/mol. The number of halogens is 1. The Hall–Kier alpha value is -1.86. The molecule has 1 fully saturated rings. The zero-order valence-electron chi connectivity index (χ0n) is 12.0. The molecule has 1 aromatic rings. The third-order valence-electron chi connectivity index (χ3n) is 3.54. The van der Waals surface area contributed by atoms with Crippen LogP contribution in [0.2, 0.25) is 5.02 Å². The van der Waals surface area contributed by atoms with Crippen molar-refractivity contribution >= 4 is 23.3 Å². The highest BCUT2D eigenvalue weighted by atomic mass is 35.5. The number of carbonyl (C=O) groups is 2. The molecule has 0 saturated heterocycles. The minimum Gasteiger partial charge on any atom is -0.352 e. The molecular formula is C16H17ClN2O2. The first-order valence-electron chi connectivity index (χ1n) is 6.93. The summed E-state index contributed by atoms with van der Waals surface area (Å²) in [7, 11) is 0. The van der Waals surface area contributed by atoms with Crippen LogP contribution in [0.1, 0.15) is 31.7 Å². The number of nitriles is 1. The summed E-state index contributed by atoms with van der Waals surface area (Å²) >= 11 is 5.94. The van der Waals surface area contributed by atoms with Gasteiger partial charge in [-0.3, -0.25) is 9.59 Å². The molecule has 2 rings (SSSR count). The average molecular weight is 305 g/mol. The number of amides is 1. The minimum atomic E-state index is -1.22. The Labute approximate surface area is 129 Å². The summed E-state index contributed by atoms with van der Waals surface area (Å²) in [6.45, 7) is 3.59. The van der Waals surface area contributed by atoms with Gasteiger partial charge in [0.2, 0.25) is 5.91 Å². The number of Topliss-reactive ketones (excluding diaryl/α,β-unsaturated/α-hetero) is 1. The van der Waals surface area contributed by atoms with E-state index in [2.05, 4.69) is 5.32 Å². The van der Waals surface area contributed by atoms with Crippen LogP contribution in [-0.2, 0) is 9.59 Å². The quantitative estimate of drug-likeness (QED) is 0.850. The molecule has 0 bridgehead atoms. The number of carbonyl (C=O) groups excluding carboxylic acids is 2. The van der Waals surface area contributed by atoms with E-state index in [4.69, 9.17) is 16.9 Å². The second-order valence-corrected chi connectivity index (χ2v) is 6.07. The molecule has 3 atom stereocenters. The molecule has 0 radical (unpaired) electrons. The van der Waals surface area contributed by atoms with E-state index in [1.165, 1.54) is 0 Å². The maximum atomic E-state index is 12.3. The Kier molecular flexibility index (Phi) is 4.64. The van der Waals surface area contributed by atoms with Gasteiger partial charge in [0.15, 0.2) is 11.7 Å². The molecule has 0 aromatic heterocycles. The second kappa shape index (κ2) is 6.28. The van der Waals surface area contributed by atoms with Crippen molar-refractivity contribution in [3.05, 3.63) is 34.9 Å². The van der Waals surface area contributed by atoms with Crippen molar-refractivity contribution in [3.63, 3.8) is 0 Å². The van der Waals surface area contributed by atoms with Gasteiger partial charge in [0.05, 0.1) is 6.07 Å². The van der Waals surface area contributed by atoms with Gasteiger partial charge in [-0.15, -0.1) is 0 Å². The van der Waals surface area contributed by atoms with Crippen LogP contribution in [-0.4, -0.2) is 17.7 Å². The van der Waals surface area contributed by atoms with Gasteiger partial charge in [-0.2, -0.15) is 5.26 Å². The number of nitrogens with zero attached hydrogens (tertiary/aromatic N) is 1. The Morgan fingerprint density at radius 2 is 2.14 bits per heavy atom. The van der Waals surface area contributed by atoms with Gasteiger partial charge in [0.25, 0.3) is 0 Å². The fraction of sp³-hybridized carbons (Fsp3) is 0.438. The third-order valence-corrected chi connectivity index (χ3v) is 3.77. The first kappa shape index (κ1) is 15.5. The van der Waals surface area contributed by atoms with E-state index in [9.17, 15) is 9.59 Å². The van der Waals surface area contributed by atoms with Crippen molar-refractivity contribution in [2.45, 2.75) is 32.2 Å². The summed E-state index contributed by atoms with van der Waals surface area (Å²) < 4.78 is 0. The van der Waals surface area contributed by atoms with Crippen molar-refractivity contribution in [2.24, 2.45) is 11.8 Å². The lowest BCUT2D eigenvalue weighted by molar-refractivity contribution is -0.132. The average Bonchev–Trinajstić information content (AvgIpc) is 3.18. The number of rotatable bonds is 5. The molecule has 1 amide bonds. The number of nitrogens with one attached hydrogen (secondary N) is 1. The zero-order valence-corrected chi connectivity index (χ0v) is 12.7.